The summed E-state index contributed by atoms with van der Waals surface area (Å²) in [5.41, 5.74) is 1.18. The monoisotopic (exact) mass is 391 g/mol. The number of amides is 2. The summed E-state index contributed by atoms with van der Waals surface area (Å²) in [6.45, 7) is 7.79. The molecule has 8 heteroatoms. The highest BCUT2D eigenvalue weighted by Gasteiger charge is 2.21. The first-order valence-corrected chi connectivity index (χ1v) is 9.61. The van der Waals surface area contributed by atoms with Gasteiger partial charge in [-0.1, -0.05) is 11.6 Å². The van der Waals surface area contributed by atoms with Crippen molar-refractivity contribution < 1.29 is 9.59 Å². The number of benzene rings is 1. The van der Waals surface area contributed by atoms with Crippen LogP contribution in [-0.4, -0.2) is 59.3 Å². The van der Waals surface area contributed by atoms with Crippen LogP contribution in [0.2, 0.25) is 5.02 Å². The molecule has 0 spiro atoms. The SMILES string of the molecule is [CH2]CN1CCN(C(=O)Cc2csc(NC(=O)c3ccc(Cl)cc3)n2)CC1. The van der Waals surface area contributed by atoms with Gasteiger partial charge >= 0.3 is 0 Å². The highest BCUT2D eigenvalue weighted by molar-refractivity contribution is 7.14. The summed E-state index contributed by atoms with van der Waals surface area (Å²) < 4.78 is 0. The van der Waals surface area contributed by atoms with Crippen LogP contribution in [0.1, 0.15) is 16.1 Å². The van der Waals surface area contributed by atoms with Gasteiger partial charge in [0.15, 0.2) is 5.13 Å². The van der Waals surface area contributed by atoms with E-state index >= 15 is 0 Å². The highest BCUT2D eigenvalue weighted by atomic mass is 35.5. The number of aromatic nitrogens is 1. The summed E-state index contributed by atoms with van der Waals surface area (Å²) in [5, 5.41) is 5.62. The van der Waals surface area contributed by atoms with Gasteiger partial charge in [0.05, 0.1) is 12.1 Å². The maximum absolute atomic E-state index is 12.4. The average Bonchev–Trinajstić information content (AvgIpc) is 3.09. The van der Waals surface area contributed by atoms with Crippen molar-refractivity contribution in [3.8, 4) is 0 Å². The van der Waals surface area contributed by atoms with Crippen molar-refractivity contribution in [3.05, 3.63) is 52.8 Å². The molecule has 1 saturated heterocycles. The number of halogens is 1. The Morgan fingerprint density at radius 3 is 2.54 bits per heavy atom. The van der Waals surface area contributed by atoms with E-state index in [0.29, 0.717) is 21.4 Å². The van der Waals surface area contributed by atoms with Gasteiger partial charge < -0.3 is 4.90 Å². The third kappa shape index (κ3) is 4.81. The lowest BCUT2D eigenvalue weighted by molar-refractivity contribution is -0.132. The molecule has 2 amide bonds. The smallest absolute Gasteiger partial charge is 0.257 e. The molecule has 1 aromatic heterocycles. The number of piperazine rings is 1. The largest absolute Gasteiger partial charge is 0.340 e. The van der Waals surface area contributed by atoms with Crippen LogP contribution in [0.4, 0.5) is 5.13 Å². The fourth-order valence-electron chi connectivity index (χ4n) is 2.70. The standard InChI is InChI=1S/C18H20ClN4O2S/c1-2-22-7-9-23(10-8-22)16(24)11-15-12-26-18(20-15)21-17(25)13-3-5-14(19)6-4-13/h3-6,12H,1-2,7-11H2,(H,20,21,25). The fraction of sp³-hybridized carbons (Fsp3) is 0.333. The molecule has 2 aromatic rings. The van der Waals surface area contributed by atoms with Crippen LogP contribution < -0.4 is 5.32 Å². The Bertz CT molecular complexity index is 770. The molecule has 1 aromatic carbocycles. The summed E-state index contributed by atoms with van der Waals surface area (Å²) in [7, 11) is 0. The maximum atomic E-state index is 12.4. The van der Waals surface area contributed by atoms with Gasteiger partial charge in [0.2, 0.25) is 5.91 Å². The summed E-state index contributed by atoms with van der Waals surface area (Å²) >= 11 is 7.14. The minimum atomic E-state index is -0.252. The second kappa shape index (κ2) is 8.62. The maximum Gasteiger partial charge on any atom is 0.257 e. The molecule has 1 radical (unpaired) electrons. The van der Waals surface area contributed by atoms with Gasteiger partial charge in [-0.15, -0.1) is 11.3 Å². The third-order valence-electron chi connectivity index (χ3n) is 4.25. The van der Waals surface area contributed by atoms with E-state index in [1.807, 2.05) is 10.3 Å². The van der Waals surface area contributed by atoms with Gasteiger partial charge in [-0.25, -0.2) is 4.98 Å². The molecule has 0 atom stereocenters. The minimum absolute atomic E-state index is 0.0644. The Balaban J connectivity index is 1.53. The quantitative estimate of drug-likeness (QED) is 0.850. The zero-order valence-electron chi connectivity index (χ0n) is 14.3. The first kappa shape index (κ1) is 18.8. The number of nitrogens with one attached hydrogen (secondary N) is 1. The molecular formula is C18H20ClN4O2S. The molecule has 0 saturated carbocycles. The Morgan fingerprint density at radius 1 is 1.19 bits per heavy atom. The lowest BCUT2D eigenvalue weighted by Gasteiger charge is -2.33. The summed E-state index contributed by atoms with van der Waals surface area (Å²) in [6.07, 6.45) is 0.248. The van der Waals surface area contributed by atoms with Crippen molar-refractivity contribution in [1.82, 2.24) is 14.8 Å². The molecule has 0 unspecified atom stereocenters. The van der Waals surface area contributed by atoms with E-state index in [4.69, 9.17) is 11.6 Å². The Hall–Kier alpha value is -1.96. The minimum Gasteiger partial charge on any atom is -0.340 e. The van der Waals surface area contributed by atoms with Crippen molar-refractivity contribution in [1.29, 1.82) is 0 Å². The number of carbonyl (C=O) groups excluding carboxylic acids is 2. The molecule has 0 aliphatic carbocycles. The molecule has 3 rings (SSSR count). The van der Waals surface area contributed by atoms with Crippen LogP contribution in [0.25, 0.3) is 0 Å². The van der Waals surface area contributed by atoms with Crippen LogP contribution in [0.5, 0.6) is 0 Å². The number of hydrogen-bond donors (Lipinski definition) is 1. The van der Waals surface area contributed by atoms with Crippen LogP contribution in [0.15, 0.2) is 29.6 Å². The van der Waals surface area contributed by atoms with E-state index in [-0.39, 0.29) is 18.2 Å². The van der Waals surface area contributed by atoms with E-state index < -0.39 is 0 Å². The molecule has 1 N–H and O–H groups in total. The number of rotatable bonds is 5. The predicted molar refractivity (Wildman–Crippen MR) is 104 cm³/mol. The molecule has 1 fully saturated rings. The van der Waals surface area contributed by atoms with Crippen molar-refractivity contribution in [2.24, 2.45) is 0 Å². The number of thiazole rings is 1. The second-order valence-electron chi connectivity index (χ2n) is 6.00. The van der Waals surface area contributed by atoms with Gasteiger partial charge in [-0.05, 0) is 37.7 Å². The average molecular weight is 392 g/mol. The van der Waals surface area contributed by atoms with E-state index in [0.717, 1.165) is 32.7 Å². The summed E-state index contributed by atoms with van der Waals surface area (Å²) in [4.78, 5) is 33.0. The van der Waals surface area contributed by atoms with Crippen molar-refractivity contribution in [3.63, 3.8) is 0 Å². The molecule has 137 valence electrons. The van der Waals surface area contributed by atoms with E-state index in [2.05, 4.69) is 22.1 Å². The van der Waals surface area contributed by atoms with Gasteiger partial charge in [-0.2, -0.15) is 0 Å². The molecular weight excluding hydrogens is 372 g/mol. The van der Waals surface area contributed by atoms with Gasteiger partial charge in [0.1, 0.15) is 0 Å². The molecule has 1 aliphatic heterocycles. The third-order valence-corrected chi connectivity index (χ3v) is 5.31. The van der Waals surface area contributed by atoms with Gasteiger partial charge in [0.25, 0.3) is 5.91 Å². The van der Waals surface area contributed by atoms with Crippen molar-refractivity contribution in [2.45, 2.75) is 6.42 Å². The summed E-state index contributed by atoms with van der Waals surface area (Å²) in [6, 6.07) is 6.63. The zero-order valence-corrected chi connectivity index (χ0v) is 15.9. The highest BCUT2D eigenvalue weighted by Crippen LogP contribution is 2.18. The van der Waals surface area contributed by atoms with E-state index in [1.165, 1.54) is 11.3 Å². The first-order valence-electron chi connectivity index (χ1n) is 8.36. The normalized spacial score (nSPS) is 15.1. The van der Waals surface area contributed by atoms with E-state index in [9.17, 15) is 9.59 Å². The Kier molecular flexibility index (Phi) is 6.24. The lowest BCUT2D eigenvalue weighted by atomic mass is 10.2. The van der Waals surface area contributed by atoms with Crippen LogP contribution in [0.3, 0.4) is 0 Å². The Labute approximate surface area is 161 Å². The zero-order chi connectivity index (χ0) is 18.5. The van der Waals surface area contributed by atoms with E-state index in [1.54, 1.807) is 24.3 Å². The lowest BCUT2D eigenvalue weighted by Crippen LogP contribution is -2.48. The summed E-state index contributed by atoms with van der Waals surface area (Å²) in [5.74, 6) is -0.187. The molecule has 0 bridgehead atoms. The van der Waals surface area contributed by atoms with Crippen LogP contribution >= 0.6 is 22.9 Å². The topological polar surface area (TPSA) is 65.5 Å². The number of hydrogen-bond acceptors (Lipinski definition) is 5. The van der Waals surface area contributed by atoms with Crippen LogP contribution in [0, 0.1) is 6.92 Å². The molecule has 6 nitrogen and oxygen atoms in total. The number of carbonyl (C=O) groups is 2. The molecule has 26 heavy (non-hydrogen) atoms. The van der Waals surface area contributed by atoms with Crippen molar-refractivity contribution in [2.75, 3.05) is 38.0 Å². The second-order valence-corrected chi connectivity index (χ2v) is 7.30. The number of anilines is 1. The number of nitrogens with zero attached hydrogens (tertiary/aromatic N) is 3. The Morgan fingerprint density at radius 2 is 1.88 bits per heavy atom. The van der Waals surface area contributed by atoms with Gasteiger partial charge in [-0.3, -0.25) is 19.8 Å². The fourth-order valence-corrected chi connectivity index (χ4v) is 3.54. The predicted octanol–water partition coefficient (Wildman–Crippen LogP) is 2.57. The van der Waals surface area contributed by atoms with Crippen molar-refractivity contribution >= 4 is 39.9 Å². The van der Waals surface area contributed by atoms with Crippen LogP contribution in [-0.2, 0) is 11.2 Å². The van der Waals surface area contributed by atoms with Gasteiger partial charge in [0, 0.05) is 42.1 Å². The molecule has 1 aliphatic rings. The molecule has 2 heterocycles. The first-order chi connectivity index (χ1) is 12.5.